The largest absolute Gasteiger partial charge is 0.316 e. The van der Waals surface area contributed by atoms with Crippen molar-refractivity contribution in [2.75, 3.05) is 0 Å². The molecule has 0 unspecified atom stereocenters. The Morgan fingerprint density at radius 1 is 0.600 bits per heavy atom. The molecule has 128 valence electrons. The molecule has 3 aromatic rings. The molecule has 25 heavy (non-hydrogen) atoms. The highest BCUT2D eigenvalue weighted by Crippen LogP contribution is 2.43. The summed E-state index contributed by atoms with van der Waals surface area (Å²) in [5.41, 5.74) is 15.3. The Labute approximate surface area is 150 Å². The lowest BCUT2D eigenvalue weighted by atomic mass is 9.66. The molecular weight excluding hydrogens is 304 g/mol. The molecule has 2 nitrogen and oxygen atoms in total. The summed E-state index contributed by atoms with van der Waals surface area (Å²) in [6, 6.07) is 32.3. The highest BCUT2D eigenvalue weighted by atomic mass is 14.8. The van der Waals surface area contributed by atoms with Gasteiger partial charge >= 0.3 is 0 Å². The molecule has 0 fully saturated rings. The number of hydrogen-bond acceptors (Lipinski definition) is 2. The van der Waals surface area contributed by atoms with Gasteiger partial charge in [-0.05, 0) is 36.0 Å². The quantitative estimate of drug-likeness (QED) is 0.497. The molecule has 0 amide bonds. The molecule has 0 aliphatic heterocycles. The summed E-state index contributed by atoms with van der Waals surface area (Å²) in [5.74, 6) is 0. The first kappa shape index (κ1) is 17.4. The predicted molar refractivity (Wildman–Crippen MR) is 105 cm³/mol. The molecule has 0 heterocycles. The Hall–Kier alpha value is -2.42. The maximum atomic E-state index is 5.82. The molecule has 0 aliphatic carbocycles. The van der Waals surface area contributed by atoms with Gasteiger partial charge in [-0.25, -0.2) is 0 Å². The van der Waals surface area contributed by atoms with Crippen LogP contribution in [0.15, 0.2) is 91.0 Å². The van der Waals surface area contributed by atoms with E-state index in [0.717, 1.165) is 19.3 Å². The second kappa shape index (κ2) is 8.11. The van der Waals surface area contributed by atoms with E-state index in [0.29, 0.717) is 0 Å². The van der Waals surface area contributed by atoms with Crippen molar-refractivity contribution in [2.45, 2.75) is 30.8 Å². The summed E-state index contributed by atoms with van der Waals surface area (Å²) < 4.78 is 0. The molecule has 2 heteroatoms. The van der Waals surface area contributed by atoms with Crippen LogP contribution in [0.25, 0.3) is 0 Å². The smallest absolute Gasteiger partial charge is 0.0520 e. The fourth-order valence-corrected chi connectivity index (χ4v) is 3.70. The molecule has 3 rings (SSSR count). The van der Waals surface area contributed by atoms with E-state index in [-0.39, 0.29) is 11.6 Å². The zero-order valence-electron chi connectivity index (χ0n) is 14.5. The van der Waals surface area contributed by atoms with Gasteiger partial charge in [0, 0.05) is 5.41 Å². The Kier molecular flexibility index (Phi) is 5.64. The standard InChI is InChI=1S/C23H26N2/c24-22(25)17-10-18-23(19-11-4-1-5-12-19,20-13-6-2-7-14-20)21-15-8-3-9-16-21/h1-9,11-16,22H,10,17-18,24-25H2. The number of rotatable bonds is 7. The van der Waals surface area contributed by atoms with Crippen LogP contribution in [0.2, 0.25) is 0 Å². The van der Waals surface area contributed by atoms with E-state index >= 15 is 0 Å². The SMILES string of the molecule is NC(N)CCCC(c1ccccc1)(c1ccccc1)c1ccccc1. The second-order valence-electron chi connectivity index (χ2n) is 6.56. The Bertz CT molecular complexity index is 655. The van der Waals surface area contributed by atoms with Gasteiger partial charge in [0.25, 0.3) is 0 Å². The van der Waals surface area contributed by atoms with E-state index in [4.69, 9.17) is 11.5 Å². The molecule has 0 saturated heterocycles. The minimum atomic E-state index is -0.264. The van der Waals surface area contributed by atoms with Crippen molar-refractivity contribution in [1.82, 2.24) is 0 Å². The van der Waals surface area contributed by atoms with Crippen LogP contribution in [0.1, 0.15) is 36.0 Å². The van der Waals surface area contributed by atoms with E-state index < -0.39 is 0 Å². The molecule has 4 N–H and O–H groups in total. The van der Waals surface area contributed by atoms with Gasteiger partial charge in [-0.3, -0.25) is 0 Å². The summed E-state index contributed by atoms with van der Waals surface area (Å²) in [6.07, 6.45) is 2.49. The first-order valence-electron chi connectivity index (χ1n) is 8.91. The van der Waals surface area contributed by atoms with Crippen LogP contribution in [0.3, 0.4) is 0 Å². The molecule has 0 saturated carbocycles. The van der Waals surface area contributed by atoms with Crippen LogP contribution in [0, 0.1) is 0 Å². The minimum Gasteiger partial charge on any atom is -0.316 e. The number of hydrogen-bond donors (Lipinski definition) is 2. The summed E-state index contributed by atoms with van der Waals surface area (Å²) in [6.45, 7) is 0. The van der Waals surface area contributed by atoms with Crippen LogP contribution >= 0.6 is 0 Å². The van der Waals surface area contributed by atoms with Crippen molar-refractivity contribution < 1.29 is 0 Å². The molecule has 0 atom stereocenters. The van der Waals surface area contributed by atoms with E-state index in [1.54, 1.807) is 0 Å². The maximum absolute atomic E-state index is 5.82. The topological polar surface area (TPSA) is 52.0 Å². The van der Waals surface area contributed by atoms with Crippen molar-refractivity contribution >= 4 is 0 Å². The average molecular weight is 330 g/mol. The second-order valence-corrected chi connectivity index (χ2v) is 6.56. The van der Waals surface area contributed by atoms with Crippen LogP contribution in [-0.2, 0) is 5.41 Å². The van der Waals surface area contributed by atoms with E-state index in [9.17, 15) is 0 Å². The Morgan fingerprint density at radius 2 is 0.960 bits per heavy atom. The van der Waals surface area contributed by atoms with Crippen LogP contribution in [0.5, 0.6) is 0 Å². The minimum absolute atomic E-state index is 0.196. The zero-order valence-corrected chi connectivity index (χ0v) is 14.5. The van der Waals surface area contributed by atoms with Gasteiger partial charge in [-0.15, -0.1) is 0 Å². The maximum Gasteiger partial charge on any atom is 0.0520 e. The lowest BCUT2D eigenvalue weighted by Gasteiger charge is -2.36. The van der Waals surface area contributed by atoms with Gasteiger partial charge in [-0.1, -0.05) is 91.0 Å². The van der Waals surface area contributed by atoms with Crippen LogP contribution in [-0.4, -0.2) is 6.17 Å². The average Bonchev–Trinajstić information content (AvgIpc) is 2.67. The van der Waals surface area contributed by atoms with Gasteiger partial charge in [0.05, 0.1) is 6.17 Å². The van der Waals surface area contributed by atoms with Crippen molar-refractivity contribution in [1.29, 1.82) is 0 Å². The first-order chi connectivity index (χ1) is 12.2. The van der Waals surface area contributed by atoms with E-state index in [1.165, 1.54) is 16.7 Å². The molecule has 0 aliphatic rings. The van der Waals surface area contributed by atoms with Gasteiger partial charge in [0.1, 0.15) is 0 Å². The summed E-state index contributed by atoms with van der Waals surface area (Å²) in [5, 5.41) is 0. The lowest BCUT2D eigenvalue weighted by molar-refractivity contribution is 0.489. The molecule has 0 aromatic heterocycles. The highest BCUT2D eigenvalue weighted by Gasteiger charge is 2.35. The predicted octanol–water partition coefficient (Wildman–Crippen LogP) is 4.43. The molecular formula is C23H26N2. The van der Waals surface area contributed by atoms with Gasteiger partial charge in [0.2, 0.25) is 0 Å². The number of nitrogens with two attached hydrogens (primary N) is 2. The summed E-state index contributed by atoms with van der Waals surface area (Å²) in [7, 11) is 0. The third kappa shape index (κ3) is 3.81. The van der Waals surface area contributed by atoms with Crippen LogP contribution < -0.4 is 11.5 Å². The molecule has 3 aromatic carbocycles. The van der Waals surface area contributed by atoms with Gasteiger partial charge in [0.15, 0.2) is 0 Å². The molecule has 0 spiro atoms. The van der Waals surface area contributed by atoms with Crippen LogP contribution in [0.4, 0.5) is 0 Å². The highest BCUT2D eigenvalue weighted by molar-refractivity contribution is 5.50. The first-order valence-corrected chi connectivity index (χ1v) is 8.91. The molecule has 0 bridgehead atoms. The Morgan fingerprint density at radius 3 is 1.28 bits per heavy atom. The summed E-state index contributed by atoms with van der Waals surface area (Å²) in [4.78, 5) is 0. The third-order valence-electron chi connectivity index (χ3n) is 4.89. The van der Waals surface area contributed by atoms with Crippen molar-refractivity contribution in [3.05, 3.63) is 108 Å². The monoisotopic (exact) mass is 330 g/mol. The molecule has 0 radical (unpaired) electrons. The van der Waals surface area contributed by atoms with Gasteiger partial charge in [-0.2, -0.15) is 0 Å². The third-order valence-corrected chi connectivity index (χ3v) is 4.89. The fourth-order valence-electron chi connectivity index (χ4n) is 3.70. The fraction of sp³-hybridized carbons (Fsp3) is 0.217. The zero-order chi connectivity index (χ0) is 17.5. The normalized spacial score (nSPS) is 11.6. The van der Waals surface area contributed by atoms with E-state index in [1.807, 2.05) is 0 Å². The van der Waals surface area contributed by atoms with Gasteiger partial charge < -0.3 is 11.5 Å². The van der Waals surface area contributed by atoms with Crippen molar-refractivity contribution in [3.63, 3.8) is 0 Å². The summed E-state index contributed by atoms with van der Waals surface area (Å²) >= 11 is 0. The lowest BCUT2D eigenvalue weighted by Crippen LogP contribution is -2.33. The van der Waals surface area contributed by atoms with E-state index in [2.05, 4.69) is 91.0 Å². The van der Waals surface area contributed by atoms with Crippen molar-refractivity contribution in [3.8, 4) is 0 Å². The van der Waals surface area contributed by atoms with Crippen molar-refractivity contribution in [2.24, 2.45) is 11.5 Å². The number of benzene rings is 3. The Balaban J connectivity index is 2.16.